The van der Waals surface area contributed by atoms with E-state index in [4.69, 9.17) is 5.73 Å². The van der Waals surface area contributed by atoms with Gasteiger partial charge < -0.3 is 11.1 Å². The first-order chi connectivity index (χ1) is 9.22. The molecule has 3 N–H and O–H groups in total. The minimum Gasteiger partial charge on any atom is -0.399 e. The quantitative estimate of drug-likeness (QED) is 0.825. The van der Waals surface area contributed by atoms with E-state index >= 15 is 0 Å². The molecule has 0 amide bonds. The molecule has 1 aromatic carbocycles. The highest BCUT2D eigenvalue weighted by Crippen LogP contribution is 2.33. The Kier molecular flexibility index (Phi) is 3.42. The minimum atomic E-state index is 0.348. The Hall–Kier alpha value is -1.55. The number of aromatic nitrogens is 1. The van der Waals surface area contributed by atoms with Crippen LogP contribution < -0.4 is 11.1 Å². The zero-order chi connectivity index (χ0) is 13.2. The lowest BCUT2D eigenvalue weighted by Crippen LogP contribution is -2.17. The summed E-state index contributed by atoms with van der Waals surface area (Å²) in [6.45, 7) is 0. The lowest BCUT2D eigenvalue weighted by Gasteiger charge is -2.27. The third-order valence-corrected chi connectivity index (χ3v) is 3.96. The molecular weight excluding hydrogens is 302 g/mol. The second kappa shape index (κ2) is 5.21. The first kappa shape index (κ1) is 12.5. The van der Waals surface area contributed by atoms with Gasteiger partial charge in [0.1, 0.15) is 0 Å². The van der Waals surface area contributed by atoms with Gasteiger partial charge in [-0.25, -0.2) is 0 Å². The van der Waals surface area contributed by atoms with Crippen LogP contribution in [-0.2, 0) is 6.42 Å². The summed E-state index contributed by atoms with van der Waals surface area (Å²) in [7, 11) is 0. The van der Waals surface area contributed by atoms with Gasteiger partial charge in [-0.1, -0.05) is 6.07 Å². The predicted molar refractivity (Wildman–Crippen MR) is 82.1 cm³/mol. The monoisotopic (exact) mass is 317 g/mol. The van der Waals surface area contributed by atoms with Gasteiger partial charge in [0.05, 0.1) is 17.9 Å². The first-order valence-corrected chi connectivity index (χ1v) is 7.27. The highest BCUT2D eigenvalue weighted by atomic mass is 79.9. The molecule has 98 valence electrons. The number of pyridine rings is 1. The number of hydrogen-bond acceptors (Lipinski definition) is 3. The molecule has 0 bridgehead atoms. The van der Waals surface area contributed by atoms with Crippen LogP contribution in [0, 0.1) is 0 Å². The van der Waals surface area contributed by atoms with E-state index in [0.29, 0.717) is 6.04 Å². The van der Waals surface area contributed by atoms with Crippen LogP contribution in [0.15, 0.2) is 41.1 Å². The average Bonchev–Trinajstić information content (AvgIpc) is 2.38. The summed E-state index contributed by atoms with van der Waals surface area (Å²) in [6.07, 6.45) is 7.10. The summed E-state index contributed by atoms with van der Waals surface area (Å²) < 4.78 is 0.992. The number of anilines is 2. The van der Waals surface area contributed by atoms with Crippen molar-refractivity contribution in [1.82, 2.24) is 4.98 Å². The molecule has 2 aromatic rings. The molecule has 1 aromatic heterocycles. The number of nitrogens with one attached hydrogen (secondary N) is 1. The van der Waals surface area contributed by atoms with Gasteiger partial charge in [0.2, 0.25) is 0 Å². The number of nitrogens with two attached hydrogens (primary N) is 1. The SMILES string of the molecule is Nc1ccc2c(c1)CCCC2Nc1cncc(Br)c1. The number of benzene rings is 1. The van der Waals surface area contributed by atoms with Crippen LogP contribution in [0.1, 0.15) is 30.0 Å². The van der Waals surface area contributed by atoms with Gasteiger partial charge in [0.25, 0.3) is 0 Å². The molecule has 1 heterocycles. The van der Waals surface area contributed by atoms with E-state index < -0.39 is 0 Å². The van der Waals surface area contributed by atoms with Gasteiger partial charge in [-0.15, -0.1) is 0 Å². The molecule has 0 fully saturated rings. The first-order valence-electron chi connectivity index (χ1n) is 6.48. The summed E-state index contributed by atoms with van der Waals surface area (Å²) in [5.41, 5.74) is 10.5. The maximum atomic E-state index is 5.86. The molecule has 4 heteroatoms. The number of halogens is 1. The third kappa shape index (κ3) is 2.73. The van der Waals surface area contributed by atoms with Gasteiger partial charge in [0.15, 0.2) is 0 Å². The topological polar surface area (TPSA) is 50.9 Å². The van der Waals surface area contributed by atoms with Gasteiger partial charge in [-0.05, 0) is 64.5 Å². The second-order valence-corrected chi connectivity index (χ2v) is 5.85. The van der Waals surface area contributed by atoms with Crippen molar-refractivity contribution in [3.63, 3.8) is 0 Å². The maximum Gasteiger partial charge on any atom is 0.0542 e. The summed E-state index contributed by atoms with van der Waals surface area (Å²) in [5.74, 6) is 0. The molecule has 0 saturated heterocycles. The molecule has 1 aliphatic carbocycles. The fourth-order valence-corrected chi connectivity index (χ4v) is 3.04. The van der Waals surface area contributed by atoms with Crippen LogP contribution in [0.25, 0.3) is 0 Å². The van der Waals surface area contributed by atoms with E-state index in [1.165, 1.54) is 17.5 Å². The Morgan fingerprint density at radius 2 is 2.16 bits per heavy atom. The van der Waals surface area contributed by atoms with Crippen molar-refractivity contribution in [3.8, 4) is 0 Å². The molecule has 3 nitrogen and oxygen atoms in total. The van der Waals surface area contributed by atoms with Gasteiger partial charge in [-0.3, -0.25) is 4.98 Å². The number of hydrogen-bond donors (Lipinski definition) is 2. The normalized spacial score (nSPS) is 17.8. The lowest BCUT2D eigenvalue weighted by atomic mass is 9.87. The number of aryl methyl sites for hydroxylation is 1. The van der Waals surface area contributed by atoms with E-state index in [0.717, 1.165) is 28.7 Å². The molecule has 1 aliphatic rings. The van der Waals surface area contributed by atoms with E-state index in [2.05, 4.69) is 44.4 Å². The number of fused-ring (bicyclic) bond motifs is 1. The maximum absolute atomic E-state index is 5.86. The van der Waals surface area contributed by atoms with E-state index in [1.54, 1.807) is 6.20 Å². The molecule has 0 spiro atoms. The van der Waals surface area contributed by atoms with Crippen molar-refractivity contribution in [2.24, 2.45) is 0 Å². The van der Waals surface area contributed by atoms with Gasteiger partial charge in [-0.2, -0.15) is 0 Å². The van der Waals surface area contributed by atoms with Crippen molar-refractivity contribution >= 4 is 27.3 Å². The minimum absolute atomic E-state index is 0.348. The fraction of sp³-hybridized carbons (Fsp3) is 0.267. The Morgan fingerprint density at radius 3 is 3.00 bits per heavy atom. The number of nitrogen functional groups attached to an aromatic ring is 1. The summed E-state index contributed by atoms with van der Waals surface area (Å²) in [4.78, 5) is 4.19. The molecule has 0 radical (unpaired) electrons. The predicted octanol–water partition coefficient (Wildman–Crippen LogP) is 3.92. The van der Waals surface area contributed by atoms with Crippen LogP contribution in [-0.4, -0.2) is 4.98 Å². The van der Waals surface area contributed by atoms with Crippen LogP contribution in [0.3, 0.4) is 0 Å². The smallest absolute Gasteiger partial charge is 0.0542 e. The van der Waals surface area contributed by atoms with Crippen molar-refractivity contribution in [2.75, 3.05) is 11.1 Å². The average molecular weight is 318 g/mol. The third-order valence-electron chi connectivity index (χ3n) is 3.53. The summed E-state index contributed by atoms with van der Waals surface area (Å²) in [6, 6.07) is 8.63. The largest absolute Gasteiger partial charge is 0.399 e. The Balaban J connectivity index is 1.87. The number of rotatable bonds is 2. The zero-order valence-electron chi connectivity index (χ0n) is 10.6. The molecular formula is C15H16BrN3. The van der Waals surface area contributed by atoms with Gasteiger partial charge in [0, 0.05) is 16.4 Å². The van der Waals surface area contributed by atoms with Crippen molar-refractivity contribution in [3.05, 3.63) is 52.3 Å². The van der Waals surface area contributed by atoms with E-state index in [-0.39, 0.29) is 0 Å². The molecule has 1 unspecified atom stereocenters. The van der Waals surface area contributed by atoms with Crippen molar-refractivity contribution < 1.29 is 0 Å². The standard InChI is InChI=1S/C15H16BrN3/c16-11-7-13(9-18-8-11)19-15-3-1-2-10-6-12(17)4-5-14(10)15/h4-9,15,19H,1-3,17H2. The molecule has 0 saturated carbocycles. The van der Waals surface area contributed by atoms with Crippen molar-refractivity contribution in [2.45, 2.75) is 25.3 Å². The molecule has 1 atom stereocenters. The molecule has 0 aliphatic heterocycles. The molecule has 19 heavy (non-hydrogen) atoms. The Bertz CT molecular complexity index is 598. The summed E-state index contributed by atoms with van der Waals surface area (Å²) in [5, 5.41) is 3.56. The Labute approximate surface area is 121 Å². The van der Waals surface area contributed by atoms with Crippen LogP contribution >= 0.6 is 15.9 Å². The van der Waals surface area contributed by atoms with Crippen LogP contribution in [0.5, 0.6) is 0 Å². The summed E-state index contributed by atoms with van der Waals surface area (Å²) >= 11 is 3.45. The van der Waals surface area contributed by atoms with E-state index in [9.17, 15) is 0 Å². The van der Waals surface area contributed by atoms with Gasteiger partial charge >= 0.3 is 0 Å². The fourth-order valence-electron chi connectivity index (χ4n) is 2.68. The van der Waals surface area contributed by atoms with Crippen LogP contribution in [0.4, 0.5) is 11.4 Å². The highest BCUT2D eigenvalue weighted by Gasteiger charge is 2.20. The van der Waals surface area contributed by atoms with E-state index in [1.807, 2.05) is 12.3 Å². The molecule has 3 rings (SSSR count). The van der Waals surface area contributed by atoms with Crippen molar-refractivity contribution in [1.29, 1.82) is 0 Å². The lowest BCUT2D eigenvalue weighted by molar-refractivity contribution is 0.600. The highest BCUT2D eigenvalue weighted by molar-refractivity contribution is 9.10. The zero-order valence-corrected chi connectivity index (χ0v) is 12.2. The Morgan fingerprint density at radius 1 is 1.26 bits per heavy atom. The second-order valence-electron chi connectivity index (χ2n) is 4.94. The number of nitrogens with zero attached hydrogens (tertiary/aromatic N) is 1. The van der Waals surface area contributed by atoms with Crippen LogP contribution in [0.2, 0.25) is 0 Å².